The van der Waals surface area contributed by atoms with Gasteiger partial charge in [0.2, 0.25) is 0 Å². The minimum atomic E-state index is -0.943. The van der Waals surface area contributed by atoms with Crippen molar-refractivity contribution in [3.63, 3.8) is 0 Å². The molecule has 4 N–H and O–H groups in total. The lowest BCUT2D eigenvalue weighted by molar-refractivity contribution is -0.146. The minimum absolute atomic E-state index is 0.129. The van der Waals surface area contributed by atoms with E-state index in [0.717, 1.165) is 12.8 Å². The molecule has 1 aliphatic heterocycles. The molecule has 1 heterocycles. The van der Waals surface area contributed by atoms with Crippen molar-refractivity contribution in [2.45, 2.75) is 32.7 Å². The predicted octanol–water partition coefficient (Wildman–Crippen LogP) is 0.230. The van der Waals surface area contributed by atoms with Crippen LogP contribution in [0, 0.1) is 5.41 Å². The molecule has 0 atom stereocenters. The highest BCUT2D eigenvalue weighted by molar-refractivity contribution is 5.77. The zero-order chi connectivity index (χ0) is 13.1. The highest BCUT2D eigenvalue weighted by Crippen LogP contribution is 2.14. The van der Waals surface area contributed by atoms with Crippen LogP contribution in [-0.4, -0.2) is 47.7 Å². The van der Waals surface area contributed by atoms with Crippen LogP contribution in [0.4, 0.5) is 4.79 Å². The number of rotatable bonds is 3. The first-order chi connectivity index (χ1) is 7.83. The summed E-state index contributed by atoms with van der Waals surface area (Å²) in [6, 6.07) is -0.0271. The number of nitrogens with one attached hydrogen (secondary N) is 1. The Balaban J connectivity index is 2.37. The Morgan fingerprint density at radius 1 is 1.41 bits per heavy atom. The van der Waals surface area contributed by atoms with Crippen LogP contribution in [0.3, 0.4) is 0 Å². The molecule has 6 nitrogen and oxygen atoms in total. The molecule has 1 saturated heterocycles. The highest BCUT2D eigenvalue weighted by atomic mass is 16.4. The first-order valence-corrected chi connectivity index (χ1v) is 5.84. The number of piperidine rings is 1. The van der Waals surface area contributed by atoms with Crippen molar-refractivity contribution in [3.8, 4) is 0 Å². The smallest absolute Gasteiger partial charge is 0.317 e. The third-order valence-corrected chi connectivity index (χ3v) is 3.09. The third kappa shape index (κ3) is 3.89. The summed E-state index contributed by atoms with van der Waals surface area (Å²) in [5.74, 6) is -0.918. The molecule has 0 aromatic rings. The summed E-state index contributed by atoms with van der Waals surface area (Å²) in [7, 11) is 0. The number of nitrogens with two attached hydrogens (primary N) is 1. The molecule has 0 aromatic heterocycles. The Kier molecular flexibility index (Phi) is 4.34. The number of carbonyl (C=O) groups excluding carboxylic acids is 1. The number of carboxylic acids is 1. The summed E-state index contributed by atoms with van der Waals surface area (Å²) < 4.78 is 0. The summed E-state index contributed by atoms with van der Waals surface area (Å²) in [5.41, 5.74) is 4.80. The fourth-order valence-electron chi connectivity index (χ4n) is 1.59. The second kappa shape index (κ2) is 5.35. The van der Waals surface area contributed by atoms with Crippen molar-refractivity contribution in [3.05, 3.63) is 0 Å². The number of likely N-dealkylation sites (tertiary alicyclic amines) is 1. The van der Waals surface area contributed by atoms with Gasteiger partial charge < -0.3 is 21.1 Å². The fraction of sp³-hybridized carbons (Fsp3) is 0.818. The number of carbonyl (C=O) groups is 2. The van der Waals surface area contributed by atoms with Gasteiger partial charge in [-0.3, -0.25) is 4.79 Å². The number of amides is 2. The maximum Gasteiger partial charge on any atom is 0.317 e. The molecule has 2 amide bonds. The number of aliphatic carboxylic acids is 1. The molecule has 1 rings (SSSR count). The van der Waals surface area contributed by atoms with E-state index in [1.54, 1.807) is 18.7 Å². The average Bonchev–Trinajstić information content (AvgIpc) is 2.27. The number of urea groups is 1. The van der Waals surface area contributed by atoms with Crippen LogP contribution >= 0.6 is 0 Å². The number of hydrogen-bond acceptors (Lipinski definition) is 3. The SMILES string of the molecule is CC(C)(CNC(=O)N1CCC(N)CC1)C(=O)O. The monoisotopic (exact) mass is 243 g/mol. The highest BCUT2D eigenvalue weighted by Gasteiger charge is 2.29. The maximum atomic E-state index is 11.8. The zero-order valence-electron chi connectivity index (χ0n) is 10.4. The standard InChI is InChI=1S/C11H21N3O3/c1-11(2,9(15)16)7-13-10(17)14-5-3-8(12)4-6-14/h8H,3-7,12H2,1-2H3,(H,13,17)(H,15,16). The van der Waals surface area contributed by atoms with E-state index in [9.17, 15) is 9.59 Å². The van der Waals surface area contributed by atoms with E-state index in [1.807, 2.05) is 0 Å². The first-order valence-electron chi connectivity index (χ1n) is 5.84. The molecule has 0 radical (unpaired) electrons. The van der Waals surface area contributed by atoms with E-state index in [-0.39, 0.29) is 18.6 Å². The minimum Gasteiger partial charge on any atom is -0.481 e. The van der Waals surface area contributed by atoms with E-state index in [1.165, 1.54) is 0 Å². The molecule has 0 aliphatic carbocycles. The largest absolute Gasteiger partial charge is 0.481 e. The lowest BCUT2D eigenvalue weighted by Crippen LogP contribution is -2.49. The normalized spacial score (nSPS) is 17.9. The van der Waals surface area contributed by atoms with Gasteiger partial charge in [-0.1, -0.05) is 0 Å². The number of carboxylic acid groups (broad SMARTS) is 1. The molecule has 0 saturated carbocycles. The molecule has 0 bridgehead atoms. The van der Waals surface area contributed by atoms with Gasteiger partial charge in [-0.2, -0.15) is 0 Å². The maximum absolute atomic E-state index is 11.8. The Labute approximate surface area is 101 Å². The van der Waals surface area contributed by atoms with Crippen molar-refractivity contribution in [2.24, 2.45) is 11.1 Å². The van der Waals surface area contributed by atoms with Crippen LogP contribution in [-0.2, 0) is 4.79 Å². The summed E-state index contributed by atoms with van der Waals surface area (Å²) in [6.07, 6.45) is 1.60. The van der Waals surface area contributed by atoms with Crippen molar-refractivity contribution in [2.75, 3.05) is 19.6 Å². The van der Waals surface area contributed by atoms with Crippen molar-refractivity contribution in [1.82, 2.24) is 10.2 Å². The summed E-state index contributed by atoms with van der Waals surface area (Å²) >= 11 is 0. The molecular formula is C11H21N3O3. The van der Waals surface area contributed by atoms with Crippen molar-refractivity contribution >= 4 is 12.0 Å². The second-order valence-electron chi connectivity index (χ2n) is 5.17. The van der Waals surface area contributed by atoms with E-state index < -0.39 is 11.4 Å². The Hall–Kier alpha value is -1.30. The van der Waals surface area contributed by atoms with Gasteiger partial charge >= 0.3 is 12.0 Å². The van der Waals surface area contributed by atoms with E-state index in [2.05, 4.69) is 5.32 Å². The van der Waals surface area contributed by atoms with E-state index in [0.29, 0.717) is 13.1 Å². The quantitative estimate of drug-likeness (QED) is 0.661. The molecule has 0 spiro atoms. The van der Waals surface area contributed by atoms with Gasteiger partial charge in [0.25, 0.3) is 0 Å². The molecule has 1 fully saturated rings. The van der Waals surface area contributed by atoms with E-state index >= 15 is 0 Å². The average molecular weight is 243 g/mol. The van der Waals surface area contributed by atoms with Gasteiger partial charge in [-0.25, -0.2) is 4.79 Å². The molecule has 1 aliphatic rings. The molecule has 0 aromatic carbocycles. The van der Waals surface area contributed by atoms with Crippen LogP contribution in [0.2, 0.25) is 0 Å². The van der Waals surface area contributed by atoms with Crippen LogP contribution in [0.15, 0.2) is 0 Å². The lowest BCUT2D eigenvalue weighted by Gasteiger charge is -2.31. The summed E-state index contributed by atoms with van der Waals surface area (Å²) in [5, 5.41) is 11.6. The van der Waals surface area contributed by atoms with Gasteiger partial charge in [0.15, 0.2) is 0 Å². The van der Waals surface area contributed by atoms with Crippen LogP contribution in [0.5, 0.6) is 0 Å². The topological polar surface area (TPSA) is 95.7 Å². The zero-order valence-corrected chi connectivity index (χ0v) is 10.4. The molecule has 17 heavy (non-hydrogen) atoms. The van der Waals surface area contributed by atoms with Gasteiger partial charge in [0, 0.05) is 25.7 Å². The lowest BCUT2D eigenvalue weighted by atomic mass is 9.94. The first kappa shape index (κ1) is 13.8. The van der Waals surface area contributed by atoms with Crippen LogP contribution in [0.25, 0.3) is 0 Å². The Morgan fingerprint density at radius 3 is 2.41 bits per heavy atom. The molecule has 98 valence electrons. The number of hydrogen-bond donors (Lipinski definition) is 3. The van der Waals surface area contributed by atoms with Gasteiger partial charge in [-0.15, -0.1) is 0 Å². The van der Waals surface area contributed by atoms with E-state index in [4.69, 9.17) is 10.8 Å². The molecular weight excluding hydrogens is 222 g/mol. The van der Waals surface area contributed by atoms with Gasteiger partial charge in [0.05, 0.1) is 5.41 Å². The fourth-order valence-corrected chi connectivity index (χ4v) is 1.59. The second-order valence-corrected chi connectivity index (χ2v) is 5.17. The van der Waals surface area contributed by atoms with Crippen molar-refractivity contribution < 1.29 is 14.7 Å². The third-order valence-electron chi connectivity index (χ3n) is 3.09. The van der Waals surface area contributed by atoms with Gasteiger partial charge in [-0.05, 0) is 26.7 Å². The van der Waals surface area contributed by atoms with Crippen LogP contribution < -0.4 is 11.1 Å². The van der Waals surface area contributed by atoms with Crippen LogP contribution in [0.1, 0.15) is 26.7 Å². The Morgan fingerprint density at radius 2 is 1.94 bits per heavy atom. The Bertz CT molecular complexity index is 296. The van der Waals surface area contributed by atoms with Gasteiger partial charge in [0.1, 0.15) is 0 Å². The number of nitrogens with zero attached hydrogens (tertiary/aromatic N) is 1. The molecule has 0 unspecified atom stereocenters. The summed E-state index contributed by atoms with van der Waals surface area (Å²) in [6.45, 7) is 4.58. The van der Waals surface area contributed by atoms with Crippen molar-refractivity contribution in [1.29, 1.82) is 0 Å². The predicted molar refractivity (Wildman–Crippen MR) is 63.6 cm³/mol. The molecule has 6 heteroatoms. The summed E-state index contributed by atoms with van der Waals surface area (Å²) in [4.78, 5) is 24.3.